The highest BCUT2D eigenvalue weighted by molar-refractivity contribution is 5.64. The van der Waals surface area contributed by atoms with E-state index in [9.17, 15) is 23.1 Å². The molecule has 1 unspecified atom stereocenters. The van der Waals surface area contributed by atoms with Crippen molar-refractivity contribution in [3.63, 3.8) is 0 Å². The fourth-order valence-corrected chi connectivity index (χ4v) is 3.51. The molecule has 0 spiro atoms. The molecule has 0 fully saturated rings. The fraction of sp³-hybridized carbons (Fsp3) is 0.350. The molecule has 3 rings (SSSR count). The van der Waals surface area contributed by atoms with E-state index in [4.69, 9.17) is 0 Å². The van der Waals surface area contributed by atoms with Crippen molar-refractivity contribution in [1.82, 2.24) is 4.90 Å². The van der Waals surface area contributed by atoms with Crippen LogP contribution in [0.3, 0.4) is 0 Å². The van der Waals surface area contributed by atoms with Crippen LogP contribution >= 0.6 is 0 Å². The molecule has 6 heteroatoms. The minimum atomic E-state index is -4.35. The lowest BCUT2D eigenvalue weighted by molar-refractivity contribution is -0.306. The normalized spacial score (nSPS) is 18.2. The van der Waals surface area contributed by atoms with E-state index in [0.717, 1.165) is 28.8 Å². The van der Waals surface area contributed by atoms with Crippen LogP contribution in [-0.2, 0) is 30.5 Å². The number of alkyl halides is 3. The zero-order valence-electron chi connectivity index (χ0n) is 14.1. The molecule has 3 nitrogen and oxygen atoms in total. The van der Waals surface area contributed by atoms with Gasteiger partial charge in [-0.3, -0.25) is 4.90 Å². The van der Waals surface area contributed by atoms with E-state index in [2.05, 4.69) is 4.90 Å². The van der Waals surface area contributed by atoms with Gasteiger partial charge in [0.15, 0.2) is 0 Å². The van der Waals surface area contributed by atoms with Crippen LogP contribution in [-0.4, -0.2) is 17.4 Å². The first-order valence-corrected chi connectivity index (χ1v) is 8.46. The van der Waals surface area contributed by atoms with Crippen molar-refractivity contribution in [3.05, 3.63) is 70.8 Å². The van der Waals surface area contributed by atoms with Crippen LogP contribution in [0.4, 0.5) is 13.2 Å². The highest BCUT2D eigenvalue weighted by Gasteiger charge is 2.30. The molecule has 0 saturated carbocycles. The first-order valence-electron chi connectivity index (χ1n) is 8.46. The molecular formula is C20H19F3NO2-. The van der Waals surface area contributed by atoms with Gasteiger partial charge in [-0.1, -0.05) is 36.4 Å². The monoisotopic (exact) mass is 362 g/mol. The van der Waals surface area contributed by atoms with Gasteiger partial charge >= 0.3 is 6.18 Å². The smallest absolute Gasteiger partial charge is 0.416 e. The van der Waals surface area contributed by atoms with E-state index < -0.39 is 17.7 Å². The fourth-order valence-electron chi connectivity index (χ4n) is 3.51. The van der Waals surface area contributed by atoms with Gasteiger partial charge in [0.05, 0.1) is 5.56 Å². The van der Waals surface area contributed by atoms with Crippen molar-refractivity contribution in [1.29, 1.82) is 0 Å². The Morgan fingerprint density at radius 2 is 1.73 bits per heavy atom. The quantitative estimate of drug-likeness (QED) is 0.840. The molecule has 1 aliphatic heterocycles. The van der Waals surface area contributed by atoms with E-state index in [1.54, 1.807) is 0 Å². The summed E-state index contributed by atoms with van der Waals surface area (Å²) in [6.45, 7) is 1.67. The Kier molecular flexibility index (Phi) is 5.32. The number of hydrogen-bond acceptors (Lipinski definition) is 3. The number of nitrogens with zero attached hydrogens (tertiary/aromatic N) is 1. The molecule has 0 N–H and O–H groups in total. The van der Waals surface area contributed by atoms with E-state index >= 15 is 0 Å². The number of carbonyl (C=O) groups is 1. The average Bonchev–Trinajstić information content (AvgIpc) is 2.72. The molecule has 2 aromatic rings. The molecule has 0 amide bonds. The Morgan fingerprint density at radius 3 is 2.35 bits per heavy atom. The Balaban J connectivity index is 1.78. The summed E-state index contributed by atoms with van der Waals surface area (Å²) < 4.78 is 38.1. The third-order valence-corrected chi connectivity index (χ3v) is 4.68. The number of rotatable bonds is 4. The van der Waals surface area contributed by atoms with Gasteiger partial charge in [0.25, 0.3) is 0 Å². The molecule has 0 aromatic heterocycles. The summed E-state index contributed by atoms with van der Waals surface area (Å²) in [6, 6.07) is 13.0. The number of carboxylic acid groups (broad SMARTS) is 1. The van der Waals surface area contributed by atoms with E-state index in [1.165, 1.54) is 12.1 Å². The number of carboxylic acids is 1. The van der Waals surface area contributed by atoms with Gasteiger partial charge in [0, 0.05) is 25.6 Å². The van der Waals surface area contributed by atoms with Crippen LogP contribution < -0.4 is 5.11 Å². The first-order chi connectivity index (χ1) is 12.3. The van der Waals surface area contributed by atoms with Gasteiger partial charge in [-0.15, -0.1) is 0 Å². The van der Waals surface area contributed by atoms with Gasteiger partial charge in [-0.05, 0) is 47.6 Å². The van der Waals surface area contributed by atoms with Crippen LogP contribution in [0.5, 0.6) is 0 Å². The van der Waals surface area contributed by atoms with Gasteiger partial charge in [-0.2, -0.15) is 13.2 Å². The van der Waals surface area contributed by atoms with Crippen molar-refractivity contribution in [2.75, 3.05) is 6.54 Å². The molecule has 0 bridgehead atoms. The average molecular weight is 362 g/mol. The lowest BCUT2D eigenvalue weighted by Gasteiger charge is -2.25. The van der Waals surface area contributed by atoms with Crippen molar-refractivity contribution in [2.45, 2.75) is 32.1 Å². The second-order valence-electron chi connectivity index (χ2n) is 6.78. The summed E-state index contributed by atoms with van der Waals surface area (Å²) in [5, 5.41) is 11.1. The van der Waals surface area contributed by atoms with Crippen LogP contribution in [0.25, 0.3) is 0 Å². The van der Waals surface area contributed by atoms with Crippen LogP contribution in [0.1, 0.15) is 28.7 Å². The Bertz CT molecular complexity index is 771. The Labute approximate surface area is 150 Å². The Hall–Kier alpha value is -2.34. The SMILES string of the molecule is O=C([O-])CC1Cc2ccccc2CN(Cc2ccc(C(F)(F)F)cc2)C1. The van der Waals surface area contributed by atoms with Crippen molar-refractivity contribution in [3.8, 4) is 0 Å². The summed E-state index contributed by atoms with van der Waals surface area (Å²) in [6.07, 6.45) is -3.72. The molecular weight excluding hydrogens is 343 g/mol. The van der Waals surface area contributed by atoms with Gasteiger partial charge in [-0.25, -0.2) is 0 Å². The molecule has 26 heavy (non-hydrogen) atoms. The second-order valence-corrected chi connectivity index (χ2v) is 6.78. The number of benzene rings is 2. The van der Waals surface area contributed by atoms with Crippen molar-refractivity contribution in [2.24, 2.45) is 5.92 Å². The third-order valence-electron chi connectivity index (χ3n) is 4.68. The molecule has 138 valence electrons. The highest BCUT2D eigenvalue weighted by Crippen LogP contribution is 2.30. The van der Waals surface area contributed by atoms with Crippen LogP contribution in [0, 0.1) is 5.92 Å². The molecule has 1 atom stereocenters. The summed E-state index contributed by atoms with van der Waals surface area (Å²) in [5.41, 5.74) is 2.34. The maximum Gasteiger partial charge on any atom is 0.416 e. The Morgan fingerprint density at radius 1 is 1.08 bits per heavy atom. The predicted molar refractivity (Wildman–Crippen MR) is 88.8 cm³/mol. The van der Waals surface area contributed by atoms with Crippen molar-refractivity contribution >= 4 is 5.97 Å². The summed E-state index contributed by atoms with van der Waals surface area (Å²) in [7, 11) is 0. The summed E-state index contributed by atoms with van der Waals surface area (Å²) in [5.74, 6) is -1.16. The molecule has 0 radical (unpaired) electrons. The summed E-state index contributed by atoms with van der Waals surface area (Å²) in [4.78, 5) is 13.1. The third kappa shape index (κ3) is 4.64. The number of aliphatic carboxylic acids is 1. The molecule has 1 heterocycles. The molecule has 0 saturated heterocycles. The number of carbonyl (C=O) groups excluding carboxylic acids is 1. The minimum absolute atomic E-state index is 0.0299. The molecule has 1 aliphatic rings. The topological polar surface area (TPSA) is 43.4 Å². The minimum Gasteiger partial charge on any atom is -0.550 e. The van der Waals surface area contributed by atoms with Crippen molar-refractivity contribution < 1.29 is 23.1 Å². The predicted octanol–water partition coefficient (Wildman–Crippen LogP) is 3.02. The second kappa shape index (κ2) is 7.50. The van der Waals surface area contributed by atoms with Gasteiger partial charge in [0.2, 0.25) is 0 Å². The van der Waals surface area contributed by atoms with Gasteiger partial charge in [0.1, 0.15) is 0 Å². The van der Waals surface area contributed by atoms with Crippen LogP contribution in [0.15, 0.2) is 48.5 Å². The molecule has 2 aromatic carbocycles. The number of hydrogen-bond donors (Lipinski definition) is 0. The maximum absolute atomic E-state index is 12.7. The van der Waals surface area contributed by atoms with Gasteiger partial charge < -0.3 is 9.90 Å². The lowest BCUT2D eigenvalue weighted by Crippen LogP contribution is -2.32. The van der Waals surface area contributed by atoms with E-state index in [1.807, 2.05) is 24.3 Å². The largest absolute Gasteiger partial charge is 0.550 e. The first kappa shape index (κ1) is 18.5. The molecule has 0 aliphatic carbocycles. The number of halogens is 3. The summed E-state index contributed by atoms with van der Waals surface area (Å²) >= 11 is 0. The zero-order valence-corrected chi connectivity index (χ0v) is 14.1. The standard InChI is InChI=1S/C20H20F3NO2/c21-20(22,23)18-7-5-14(6-8-18)11-24-12-15(10-19(25)26)9-16-3-1-2-4-17(16)13-24/h1-8,15H,9-13H2,(H,25,26)/p-1. The van der Waals surface area contributed by atoms with E-state index in [0.29, 0.717) is 26.1 Å². The zero-order chi connectivity index (χ0) is 18.7. The highest BCUT2D eigenvalue weighted by atomic mass is 19.4. The maximum atomic E-state index is 12.7. The van der Waals surface area contributed by atoms with Crippen LogP contribution in [0.2, 0.25) is 0 Å². The number of fused-ring (bicyclic) bond motifs is 1. The van der Waals surface area contributed by atoms with E-state index in [-0.39, 0.29) is 12.3 Å². The lowest BCUT2D eigenvalue weighted by atomic mass is 9.95.